The van der Waals surface area contributed by atoms with Crippen LogP contribution in [0.5, 0.6) is 5.75 Å². The summed E-state index contributed by atoms with van der Waals surface area (Å²) >= 11 is 0. The summed E-state index contributed by atoms with van der Waals surface area (Å²) in [6.45, 7) is 2.02. The van der Waals surface area contributed by atoms with Gasteiger partial charge in [0.25, 0.3) is 5.56 Å². The van der Waals surface area contributed by atoms with Crippen LogP contribution in [0.4, 0.5) is 11.6 Å². The molecule has 1 unspecified atom stereocenters. The number of ether oxygens (including phenoxy) is 1. The zero-order valence-corrected chi connectivity index (χ0v) is 15.7. The van der Waals surface area contributed by atoms with E-state index in [9.17, 15) is 4.79 Å². The molecule has 1 aliphatic rings. The zero-order valence-electron chi connectivity index (χ0n) is 15.7. The number of aryl methyl sites for hydroxylation is 1. The van der Waals surface area contributed by atoms with Crippen molar-refractivity contribution < 1.29 is 4.74 Å². The second-order valence-electron chi connectivity index (χ2n) is 6.80. The average molecular weight is 387 g/mol. The van der Waals surface area contributed by atoms with Gasteiger partial charge >= 0.3 is 0 Å². The molecule has 0 aliphatic carbocycles. The Labute approximate surface area is 165 Å². The predicted molar refractivity (Wildman–Crippen MR) is 106 cm³/mol. The molecular formula is C20H17N7O2. The summed E-state index contributed by atoms with van der Waals surface area (Å²) in [5, 5.41) is 22.0. The van der Waals surface area contributed by atoms with Crippen LogP contribution in [0.3, 0.4) is 0 Å². The van der Waals surface area contributed by atoms with E-state index in [1.165, 1.54) is 0 Å². The molecule has 0 fully saturated rings. The van der Waals surface area contributed by atoms with Gasteiger partial charge in [0.15, 0.2) is 0 Å². The molecule has 0 spiro atoms. The number of hydrogen-bond acceptors (Lipinski definition) is 7. The smallest absolute Gasteiger partial charge is 0.288 e. The Morgan fingerprint density at radius 3 is 2.55 bits per heavy atom. The lowest BCUT2D eigenvalue weighted by Gasteiger charge is -2.27. The second kappa shape index (κ2) is 6.55. The van der Waals surface area contributed by atoms with Crippen LogP contribution in [0, 0.1) is 6.92 Å². The van der Waals surface area contributed by atoms with Crippen molar-refractivity contribution in [2.75, 3.05) is 12.4 Å². The fourth-order valence-electron chi connectivity index (χ4n) is 3.56. The van der Waals surface area contributed by atoms with E-state index in [0.29, 0.717) is 22.9 Å². The molecule has 0 radical (unpaired) electrons. The van der Waals surface area contributed by atoms with Crippen molar-refractivity contribution in [3.05, 3.63) is 75.6 Å². The van der Waals surface area contributed by atoms with Gasteiger partial charge in [-0.05, 0) is 35.0 Å². The molecule has 2 N–H and O–H groups in total. The fourth-order valence-corrected chi connectivity index (χ4v) is 3.56. The third kappa shape index (κ3) is 2.75. The normalized spacial score (nSPS) is 14.6. The number of hydrogen-bond donors (Lipinski definition) is 2. The molecule has 2 aromatic carbocycles. The van der Waals surface area contributed by atoms with E-state index >= 15 is 0 Å². The number of methoxy groups -OCH3 is 1. The van der Waals surface area contributed by atoms with E-state index < -0.39 is 6.04 Å². The van der Waals surface area contributed by atoms with Gasteiger partial charge in [-0.2, -0.15) is 9.78 Å². The van der Waals surface area contributed by atoms with Crippen molar-refractivity contribution in [2.24, 2.45) is 0 Å². The Balaban J connectivity index is 1.78. The molecule has 9 nitrogen and oxygen atoms in total. The number of fused-ring (bicyclic) bond motifs is 2. The molecule has 29 heavy (non-hydrogen) atoms. The number of benzene rings is 2. The van der Waals surface area contributed by atoms with Gasteiger partial charge in [-0.3, -0.25) is 4.79 Å². The summed E-state index contributed by atoms with van der Waals surface area (Å²) in [5.41, 5.74) is 4.36. The Morgan fingerprint density at radius 1 is 1.07 bits per heavy atom. The van der Waals surface area contributed by atoms with Crippen LogP contribution in [0.15, 0.2) is 53.3 Å². The Hall–Kier alpha value is -4.01. The number of nitrogens with one attached hydrogen (secondary N) is 2. The van der Waals surface area contributed by atoms with E-state index in [1.54, 1.807) is 11.8 Å². The van der Waals surface area contributed by atoms with Gasteiger partial charge in [-0.15, -0.1) is 0 Å². The third-order valence-corrected chi connectivity index (χ3v) is 5.02. The van der Waals surface area contributed by atoms with Crippen LogP contribution in [0.25, 0.3) is 11.3 Å². The maximum absolute atomic E-state index is 12.6. The highest BCUT2D eigenvalue weighted by Gasteiger charge is 2.34. The fraction of sp³-hybridized carbons (Fsp3) is 0.150. The molecule has 1 aliphatic heterocycles. The molecule has 0 saturated heterocycles. The Kier molecular flexibility index (Phi) is 3.87. The minimum atomic E-state index is -0.423. The molecule has 9 heteroatoms. The van der Waals surface area contributed by atoms with Gasteiger partial charge in [0.2, 0.25) is 5.95 Å². The van der Waals surface area contributed by atoms with Gasteiger partial charge in [-0.25, -0.2) is 5.10 Å². The van der Waals surface area contributed by atoms with Crippen LogP contribution in [0.2, 0.25) is 0 Å². The lowest BCUT2D eigenvalue weighted by atomic mass is 9.92. The largest absolute Gasteiger partial charge is 0.497 e. The summed E-state index contributed by atoms with van der Waals surface area (Å²) in [6.07, 6.45) is 0. The monoisotopic (exact) mass is 387 g/mol. The highest BCUT2D eigenvalue weighted by molar-refractivity contribution is 5.75. The number of anilines is 2. The van der Waals surface area contributed by atoms with Gasteiger partial charge in [0, 0.05) is 11.1 Å². The lowest BCUT2D eigenvalue weighted by molar-refractivity contribution is 0.414. The molecule has 0 bridgehead atoms. The molecular weight excluding hydrogens is 370 g/mol. The van der Waals surface area contributed by atoms with Gasteiger partial charge in [0.1, 0.15) is 17.5 Å². The SMILES string of the molecule is COc1ccc(C2c3c(-c4ccc(C)cc4)n[nH]c(=O)c3Nc3nnnn32)cc1. The molecule has 1 atom stereocenters. The second-order valence-corrected chi connectivity index (χ2v) is 6.80. The topological polar surface area (TPSA) is 111 Å². The zero-order chi connectivity index (χ0) is 20.0. The Bertz CT molecular complexity index is 1240. The first-order valence-electron chi connectivity index (χ1n) is 9.04. The molecule has 0 saturated carbocycles. The first kappa shape index (κ1) is 17.1. The van der Waals surface area contributed by atoms with E-state index in [1.807, 2.05) is 55.5 Å². The standard InChI is InChI=1S/C20H17N7O2/c1-11-3-5-12(6-4-11)16-15-17(19(28)23-22-16)21-20-24-25-26-27(20)18(15)13-7-9-14(29-2)10-8-13/h3-10,18H,1-2H3,(H,23,28)(H,21,24,26). The first-order chi connectivity index (χ1) is 14.2. The number of H-pyrrole nitrogens is 1. The number of nitrogens with zero attached hydrogens (tertiary/aromatic N) is 5. The van der Waals surface area contributed by atoms with Crippen LogP contribution in [-0.2, 0) is 0 Å². The Morgan fingerprint density at radius 2 is 1.83 bits per heavy atom. The molecule has 2 aromatic heterocycles. The average Bonchev–Trinajstić information content (AvgIpc) is 3.22. The molecule has 144 valence electrons. The summed E-state index contributed by atoms with van der Waals surface area (Å²) < 4.78 is 6.93. The van der Waals surface area contributed by atoms with E-state index in [-0.39, 0.29) is 5.56 Å². The van der Waals surface area contributed by atoms with E-state index in [4.69, 9.17) is 4.74 Å². The summed E-state index contributed by atoms with van der Waals surface area (Å²) in [5.74, 6) is 1.13. The molecule has 5 rings (SSSR count). The van der Waals surface area contributed by atoms with Gasteiger partial charge < -0.3 is 10.1 Å². The molecule has 3 heterocycles. The van der Waals surface area contributed by atoms with E-state index in [0.717, 1.165) is 22.4 Å². The van der Waals surface area contributed by atoms with Crippen molar-refractivity contribution in [1.29, 1.82) is 0 Å². The van der Waals surface area contributed by atoms with Crippen molar-refractivity contribution >= 4 is 11.6 Å². The van der Waals surface area contributed by atoms with Gasteiger partial charge in [0.05, 0.1) is 12.8 Å². The minimum Gasteiger partial charge on any atom is -0.497 e. The lowest BCUT2D eigenvalue weighted by Crippen LogP contribution is -2.29. The number of aromatic nitrogens is 6. The predicted octanol–water partition coefficient (Wildman–Crippen LogP) is 2.44. The summed E-state index contributed by atoms with van der Waals surface area (Å²) in [7, 11) is 1.62. The summed E-state index contributed by atoms with van der Waals surface area (Å²) in [6, 6.07) is 15.2. The van der Waals surface area contributed by atoms with Crippen molar-refractivity contribution in [3.63, 3.8) is 0 Å². The van der Waals surface area contributed by atoms with Gasteiger partial charge in [-0.1, -0.05) is 47.1 Å². The third-order valence-electron chi connectivity index (χ3n) is 5.02. The van der Waals surface area contributed by atoms with E-state index in [2.05, 4.69) is 31.0 Å². The van der Waals surface area contributed by atoms with Crippen molar-refractivity contribution in [3.8, 4) is 17.0 Å². The van der Waals surface area contributed by atoms with Crippen molar-refractivity contribution in [1.82, 2.24) is 30.4 Å². The highest BCUT2D eigenvalue weighted by Crippen LogP contribution is 2.41. The van der Waals surface area contributed by atoms with Crippen LogP contribution in [0.1, 0.15) is 22.7 Å². The van der Waals surface area contributed by atoms with Crippen LogP contribution in [-0.4, -0.2) is 37.5 Å². The quantitative estimate of drug-likeness (QED) is 0.489. The molecule has 4 aromatic rings. The van der Waals surface area contributed by atoms with Crippen molar-refractivity contribution in [2.45, 2.75) is 13.0 Å². The number of rotatable bonds is 3. The van der Waals surface area contributed by atoms with Crippen LogP contribution >= 0.6 is 0 Å². The maximum Gasteiger partial charge on any atom is 0.288 e. The minimum absolute atomic E-state index is 0.330. The summed E-state index contributed by atoms with van der Waals surface area (Å²) in [4.78, 5) is 12.6. The number of tetrazole rings is 1. The molecule has 0 amide bonds. The number of aromatic amines is 1. The first-order valence-corrected chi connectivity index (χ1v) is 9.04. The highest BCUT2D eigenvalue weighted by atomic mass is 16.5. The van der Waals surface area contributed by atoms with Crippen LogP contribution < -0.4 is 15.6 Å². The maximum atomic E-state index is 12.6.